The summed E-state index contributed by atoms with van der Waals surface area (Å²) in [7, 11) is 0. The van der Waals surface area contributed by atoms with Gasteiger partial charge >= 0.3 is 6.09 Å². The number of carbonyl (C=O) groups excluding carboxylic acids is 1. The van der Waals surface area contributed by atoms with Gasteiger partial charge < -0.3 is 9.47 Å². The predicted octanol–water partition coefficient (Wildman–Crippen LogP) is 3.83. The van der Waals surface area contributed by atoms with E-state index >= 15 is 0 Å². The van der Waals surface area contributed by atoms with Crippen molar-refractivity contribution in [3.8, 4) is 11.6 Å². The Bertz CT molecular complexity index is 801. The van der Waals surface area contributed by atoms with Crippen molar-refractivity contribution in [3.63, 3.8) is 0 Å². The largest absolute Gasteiger partial charge is 0.444 e. The number of aryl methyl sites for hydroxylation is 1. The van der Waals surface area contributed by atoms with Crippen LogP contribution in [0.25, 0.3) is 0 Å². The van der Waals surface area contributed by atoms with E-state index in [0.717, 1.165) is 6.20 Å². The minimum absolute atomic E-state index is 0.119. The topological polar surface area (TPSA) is 116 Å². The Labute approximate surface area is 144 Å². The number of pyridine rings is 2. The molecule has 0 spiro atoms. The zero-order valence-corrected chi connectivity index (χ0v) is 14.3. The van der Waals surface area contributed by atoms with Crippen LogP contribution in [0.1, 0.15) is 26.3 Å². The third kappa shape index (κ3) is 5.41. The van der Waals surface area contributed by atoms with Crippen LogP contribution in [0.4, 0.5) is 16.3 Å². The molecule has 9 heteroatoms. The Kier molecular flexibility index (Phi) is 5.16. The number of nitrogens with one attached hydrogen (secondary N) is 1. The number of ether oxygens (including phenoxy) is 2. The number of nitro groups is 1. The fourth-order valence-corrected chi connectivity index (χ4v) is 1.82. The van der Waals surface area contributed by atoms with E-state index in [1.165, 1.54) is 18.3 Å². The van der Waals surface area contributed by atoms with Crippen LogP contribution in [0.3, 0.4) is 0 Å². The van der Waals surface area contributed by atoms with Crippen molar-refractivity contribution in [2.45, 2.75) is 33.3 Å². The zero-order valence-electron chi connectivity index (χ0n) is 14.3. The highest BCUT2D eigenvalue weighted by atomic mass is 16.6. The van der Waals surface area contributed by atoms with Gasteiger partial charge in [-0.3, -0.25) is 15.4 Å². The van der Waals surface area contributed by atoms with Crippen molar-refractivity contribution in [1.29, 1.82) is 0 Å². The van der Waals surface area contributed by atoms with Gasteiger partial charge in [-0.1, -0.05) is 0 Å². The Balaban J connectivity index is 2.11. The molecule has 0 radical (unpaired) electrons. The summed E-state index contributed by atoms with van der Waals surface area (Å²) >= 11 is 0. The zero-order chi connectivity index (χ0) is 18.6. The number of hydrogen-bond donors (Lipinski definition) is 1. The highest BCUT2D eigenvalue weighted by Gasteiger charge is 2.17. The molecule has 0 aliphatic rings. The Morgan fingerprint density at radius 1 is 1.28 bits per heavy atom. The lowest BCUT2D eigenvalue weighted by Crippen LogP contribution is -2.27. The lowest BCUT2D eigenvalue weighted by atomic mass is 10.2. The summed E-state index contributed by atoms with van der Waals surface area (Å²) in [6.07, 6.45) is 1.92. The number of aromatic nitrogens is 2. The lowest BCUT2D eigenvalue weighted by Gasteiger charge is -2.19. The fourth-order valence-electron chi connectivity index (χ4n) is 1.82. The third-order valence-corrected chi connectivity index (χ3v) is 2.80. The molecule has 0 aliphatic heterocycles. The Morgan fingerprint density at radius 2 is 2.00 bits per heavy atom. The van der Waals surface area contributed by atoms with Gasteiger partial charge in [0.25, 0.3) is 5.69 Å². The van der Waals surface area contributed by atoms with Gasteiger partial charge in [0.2, 0.25) is 5.88 Å². The van der Waals surface area contributed by atoms with Crippen LogP contribution >= 0.6 is 0 Å². The van der Waals surface area contributed by atoms with Gasteiger partial charge in [-0.15, -0.1) is 0 Å². The van der Waals surface area contributed by atoms with Crippen LogP contribution in [-0.4, -0.2) is 26.6 Å². The van der Waals surface area contributed by atoms with Crippen LogP contribution in [-0.2, 0) is 4.74 Å². The number of amides is 1. The highest BCUT2D eigenvalue weighted by Crippen LogP contribution is 2.26. The van der Waals surface area contributed by atoms with Gasteiger partial charge in [0.15, 0.2) is 0 Å². The molecule has 0 saturated carbocycles. The van der Waals surface area contributed by atoms with E-state index < -0.39 is 16.6 Å². The molecule has 0 saturated heterocycles. The molecule has 1 N–H and O–H groups in total. The van der Waals surface area contributed by atoms with Gasteiger partial charge in [-0.25, -0.2) is 14.8 Å². The van der Waals surface area contributed by atoms with E-state index in [4.69, 9.17) is 9.47 Å². The average molecular weight is 346 g/mol. The maximum Gasteiger partial charge on any atom is 0.413 e. The summed E-state index contributed by atoms with van der Waals surface area (Å²) in [5, 5.41) is 13.2. The monoisotopic (exact) mass is 346 g/mol. The van der Waals surface area contributed by atoms with E-state index in [1.807, 2.05) is 0 Å². The molecule has 25 heavy (non-hydrogen) atoms. The van der Waals surface area contributed by atoms with Gasteiger partial charge in [0, 0.05) is 23.9 Å². The van der Waals surface area contributed by atoms with Crippen molar-refractivity contribution in [3.05, 3.63) is 46.3 Å². The first kappa shape index (κ1) is 18.1. The molecule has 1 amide bonds. The molecule has 2 aromatic rings. The first-order valence-electron chi connectivity index (χ1n) is 7.39. The fraction of sp³-hybridized carbons (Fsp3) is 0.312. The number of rotatable bonds is 4. The minimum Gasteiger partial charge on any atom is -0.444 e. The molecule has 0 fully saturated rings. The molecule has 9 nitrogen and oxygen atoms in total. The molecular weight excluding hydrogens is 328 g/mol. The van der Waals surface area contributed by atoms with Gasteiger partial charge in [-0.2, -0.15) is 0 Å². The second kappa shape index (κ2) is 7.12. The summed E-state index contributed by atoms with van der Waals surface area (Å²) in [6.45, 7) is 6.91. The minimum atomic E-state index is -0.637. The Hall–Kier alpha value is -3.23. The predicted molar refractivity (Wildman–Crippen MR) is 89.8 cm³/mol. The highest BCUT2D eigenvalue weighted by molar-refractivity contribution is 5.83. The summed E-state index contributed by atoms with van der Waals surface area (Å²) in [6, 6.07) is 4.43. The van der Waals surface area contributed by atoms with E-state index in [9.17, 15) is 14.9 Å². The molecule has 132 valence electrons. The van der Waals surface area contributed by atoms with Gasteiger partial charge in [0.1, 0.15) is 23.4 Å². The van der Waals surface area contributed by atoms with Gasteiger partial charge in [-0.05, 0) is 33.8 Å². The summed E-state index contributed by atoms with van der Waals surface area (Å²) in [5.41, 5.74) is -0.239. The van der Waals surface area contributed by atoms with E-state index in [-0.39, 0.29) is 17.4 Å². The quantitative estimate of drug-likeness (QED) is 0.660. The third-order valence-electron chi connectivity index (χ3n) is 2.80. The summed E-state index contributed by atoms with van der Waals surface area (Å²) in [4.78, 5) is 29.9. The second-order valence-corrected chi connectivity index (χ2v) is 6.18. The molecule has 2 heterocycles. The molecule has 0 aliphatic carbocycles. The SMILES string of the molecule is Cc1cc([N+](=O)[O-])cnc1Oc1ccnc(NC(=O)OC(C)(C)C)c1. The summed E-state index contributed by atoms with van der Waals surface area (Å²) in [5.74, 6) is 0.830. The molecule has 2 rings (SSSR count). The number of anilines is 1. The smallest absolute Gasteiger partial charge is 0.413 e. The first-order valence-corrected chi connectivity index (χ1v) is 7.39. The molecule has 0 atom stereocenters. The molecule has 0 aromatic carbocycles. The normalized spacial score (nSPS) is 10.9. The van der Waals surface area contributed by atoms with Crippen molar-refractivity contribution < 1.29 is 19.2 Å². The molecule has 2 aromatic heterocycles. The van der Waals surface area contributed by atoms with Crippen LogP contribution in [0.2, 0.25) is 0 Å². The standard InChI is InChI=1S/C16H18N4O5/c1-10-7-11(20(22)23)9-18-14(10)24-12-5-6-17-13(8-12)19-15(21)25-16(2,3)4/h5-9H,1-4H3,(H,17,19,21). The lowest BCUT2D eigenvalue weighted by molar-refractivity contribution is -0.385. The molecular formula is C16H18N4O5. The van der Waals surface area contributed by atoms with Crippen LogP contribution in [0.15, 0.2) is 30.6 Å². The van der Waals surface area contributed by atoms with E-state index in [1.54, 1.807) is 33.8 Å². The Morgan fingerprint density at radius 3 is 2.60 bits per heavy atom. The average Bonchev–Trinajstić information content (AvgIpc) is 2.47. The van der Waals surface area contributed by atoms with E-state index in [2.05, 4.69) is 15.3 Å². The maximum atomic E-state index is 11.8. The van der Waals surface area contributed by atoms with Crippen molar-refractivity contribution in [2.24, 2.45) is 0 Å². The van der Waals surface area contributed by atoms with Gasteiger partial charge in [0.05, 0.1) is 4.92 Å². The van der Waals surface area contributed by atoms with Crippen LogP contribution < -0.4 is 10.1 Å². The molecule has 0 bridgehead atoms. The van der Waals surface area contributed by atoms with Crippen LogP contribution in [0, 0.1) is 17.0 Å². The second-order valence-electron chi connectivity index (χ2n) is 6.18. The van der Waals surface area contributed by atoms with Crippen molar-refractivity contribution in [1.82, 2.24) is 9.97 Å². The maximum absolute atomic E-state index is 11.8. The van der Waals surface area contributed by atoms with Crippen LogP contribution in [0.5, 0.6) is 11.6 Å². The first-order chi connectivity index (χ1) is 11.6. The number of carbonyl (C=O) groups is 1. The number of hydrogen-bond acceptors (Lipinski definition) is 7. The van der Waals surface area contributed by atoms with Crippen molar-refractivity contribution >= 4 is 17.6 Å². The van der Waals surface area contributed by atoms with Crippen molar-refractivity contribution in [2.75, 3.05) is 5.32 Å². The molecule has 0 unspecified atom stereocenters. The number of nitrogens with zero attached hydrogens (tertiary/aromatic N) is 3. The summed E-state index contributed by atoms with van der Waals surface area (Å²) < 4.78 is 10.7. The van der Waals surface area contributed by atoms with E-state index in [0.29, 0.717) is 11.3 Å².